The Morgan fingerprint density at radius 1 is 0.760 bits per heavy atom. The average Bonchev–Trinajstić information content (AvgIpc) is 2.71. The zero-order chi connectivity index (χ0) is 17.7. The number of carbonyl (C=O) groups is 1. The first-order chi connectivity index (χ1) is 12.3. The molecule has 0 aliphatic rings. The summed E-state index contributed by atoms with van der Waals surface area (Å²) in [5.74, 6) is 1.29. The number of hydrogen-bond acceptors (Lipinski definition) is 3. The van der Waals surface area contributed by atoms with E-state index in [0.717, 1.165) is 23.0 Å². The molecule has 3 heteroatoms. The van der Waals surface area contributed by atoms with E-state index in [0.29, 0.717) is 11.5 Å². The van der Waals surface area contributed by atoms with Gasteiger partial charge in [-0.1, -0.05) is 60.7 Å². The summed E-state index contributed by atoms with van der Waals surface area (Å²) in [6, 6.07) is 25.0. The van der Waals surface area contributed by atoms with Gasteiger partial charge in [-0.15, -0.1) is 0 Å². The molecule has 0 radical (unpaired) electrons. The van der Waals surface area contributed by atoms with Gasteiger partial charge in [0.25, 0.3) is 0 Å². The van der Waals surface area contributed by atoms with Crippen molar-refractivity contribution in [2.24, 2.45) is 0 Å². The molecule has 0 aromatic heterocycles. The van der Waals surface area contributed by atoms with Gasteiger partial charge in [-0.2, -0.15) is 0 Å². The van der Waals surface area contributed by atoms with Gasteiger partial charge in [-0.25, -0.2) is 0 Å². The van der Waals surface area contributed by atoms with Crippen LogP contribution in [-0.2, 0) is 10.2 Å². The molecule has 0 heterocycles. The normalized spacial score (nSPS) is 11.0. The first kappa shape index (κ1) is 16.8. The van der Waals surface area contributed by atoms with Gasteiger partial charge in [-0.05, 0) is 23.3 Å². The van der Waals surface area contributed by atoms with Crippen molar-refractivity contribution in [3.63, 3.8) is 0 Å². The van der Waals surface area contributed by atoms with Crippen molar-refractivity contribution in [3.8, 4) is 11.5 Å². The number of rotatable bonds is 6. The average molecular weight is 332 g/mol. The molecule has 0 atom stereocenters. The van der Waals surface area contributed by atoms with Crippen molar-refractivity contribution in [3.05, 3.63) is 95.6 Å². The molecule has 0 N–H and O–H groups in total. The first-order valence-electron chi connectivity index (χ1n) is 8.06. The third kappa shape index (κ3) is 2.89. The van der Waals surface area contributed by atoms with Crippen molar-refractivity contribution >= 4 is 6.29 Å². The Morgan fingerprint density at radius 2 is 1.32 bits per heavy atom. The van der Waals surface area contributed by atoms with Crippen LogP contribution < -0.4 is 9.47 Å². The Bertz CT molecular complexity index is 802. The monoisotopic (exact) mass is 332 g/mol. The molecule has 0 fully saturated rings. The molecule has 3 rings (SSSR count). The standard InChI is InChI=1S/C22H20O3/c1-24-19-13-14-20(21(15-19)25-2)22(16-23,17-9-5-3-6-10-17)18-11-7-4-8-12-18/h3-16H,1-2H3. The fraction of sp³-hybridized carbons (Fsp3) is 0.136. The molecule has 0 spiro atoms. The number of hydrogen-bond donors (Lipinski definition) is 0. The molecule has 0 aliphatic carbocycles. The van der Waals surface area contributed by atoms with E-state index in [-0.39, 0.29) is 0 Å². The zero-order valence-electron chi connectivity index (χ0n) is 14.3. The van der Waals surface area contributed by atoms with Crippen LogP contribution in [0, 0.1) is 0 Å². The van der Waals surface area contributed by atoms with Crippen LogP contribution in [0.15, 0.2) is 78.9 Å². The molecule has 0 bridgehead atoms. The summed E-state index contributed by atoms with van der Waals surface area (Å²) in [7, 11) is 3.21. The Hall–Kier alpha value is -3.07. The third-order valence-corrected chi connectivity index (χ3v) is 4.47. The van der Waals surface area contributed by atoms with E-state index in [9.17, 15) is 4.79 Å². The van der Waals surface area contributed by atoms with Gasteiger partial charge in [-0.3, -0.25) is 0 Å². The van der Waals surface area contributed by atoms with E-state index >= 15 is 0 Å². The summed E-state index contributed by atoms with van der Waals surface area (Å²) in [6.45, 7) is 0. The molecule has 0 saturated heterocycles. The maximum Gasteiger partial charge on any atom is 0.139 e. The smallest absolute Gasteiger partial charge is 0.139 e. The Morgan fingerprint density at radius 3 is 1.76 bits per heavy atom. The molecule has 126 valence electrons. The maximum atomic E-state index is 12.6. The van der Waals surface area contributed by atoms with E-state index in [4.69, 9.17) is 9.47 Å². The van der Waals surface area contributed by atoms with Crippen LogP contribution in [0.4, 0.5) is 0 Å². The second-order valence-electron chi connectivity index (χ2n) is 5.72. The quantitative estimate of drug-likeness (QED) is 0.500. The van der Waals surface area contributed by atoms with Crippen molar-refractivity contribution in [2.45, 2.75) is 5.41 Å². The summed E-state index contributed by atoms with van der Waals surface area (Å²) < 4.78 is 10.9. The SMILES string of the molecule is COc1ccc(C(C=O)(c2ccccc2)c2ccccc2)c(OC)c1. The number of ether oxygens (including phenoxy) is 2. The lowest BCUT2D eigenvalue weighted by atomic mass is 9.70. The van der Waals surface area contributed by atoms with Gasteiger partial charge < -0.3 is 14.3 Å². The maximum absolute atomic E-state index is 12.6. The van der Waals surface area contributed by atoms with Crippen molar-refractivity contribution in [1.82, 2.24) is 0 Å². The third-order valence-electron chi connectivity index (χ3n) is 4.47. The topological polar surface area (TPSA) is 35.5 Å². The number of carbonyl (C=O) groups excluding carboxylic acids is 1. The molecule has 3 aromatic carbocycles. The molecule has 25 heavy (non-hydrogen) atoms. The second kappa shape index (κ2) is 7.22. The summed E-state index contributed by atoms with van der Waals surface area (Å²) in [5.41, 5.74) is 1.60. The highest BCUT2D eigenvalue weighted by atomic mass is 16.5. The summed E-state index contributed by atoms with van der Waals surface area (Å²) in [6.07, 6.45) is 0.988. The predicted octanol–water partition coefficient (Wildman–Crippen LogP) is 4.24. The molecule has 0 unspecified atom stereocenters. The molecular weight excluding hydrogens is 312 g/mol. The van der Waals surface area contributed by atoms with Crippen LogP contribution in [0.2, 0.25) is 0 Å². The van der Waals surface area contributed by atoms with E-state index < -0.39 is 5.41 Å². The van der Waals surface area contributed by atoms with Gasteiger partial charge in [0.05, 0.1) is 14.2 Å². The molecule has 0 amide bonds. The van der Waals surface area contributed by atoms with Gasteiger partial charge >= 0.3 is 0 Å². The number of benzene rings is 3. The van der Waals surface area contributed by atoms with Gasteiger partial charge in [0.2, 0.25) is 0 Å². The Labute approximate surface area is 147 Å². The van der Waals surface area contributed by atoms with Crippen LogP contribution in [0.3, 0.4) is 0 Å². The number of aldehydes is 1. The molecule has 0 saturated carbocycles. The minimum atomic E-state index is -0.958. The van der Waals surface area contributed by atoms with Crippen molar-refractivity contribution in [1.29, 1.82) is 0 Å². The summed E-state index contributed by atoms with van der Waals surface area (Å²) >= 11 is 0. The van der Waals surface area contributed by atoms with Gasteiger partial charge in [0.15, 0.2) is 0 Å². The zero-order valence-corrected chi connectivity index (χ0v) is 14.3. The molecule has 3 nitrogen and oxygen atoms in total. The first-order valence-corrected chi connectivity index (χ1v) is 8.06. The van der Waals surface area contributed by atoms with E-state index in [1.165, 1.54) is 0 Å². The lowest BCUT2D eigenvalue weighted by Crippen LogP contribution is -2.31. The summed E-state index contributed by atoms with van der Waals surface area (Å²) in [5, 5.41) is 0. The second-order valence-corrected chi connectivity index (χ2v) is 5.72. The fourth-order valence-corrected chi connectivity index (χ4v) is 3.20. The Kier molecular flexibility index (Phi) is 4.85. The van der Waals surface area contributed by atoms with Crippen molar-refractivity contribution in [2.75, 3.05) is 14.2 Å². The fourth-order valence-electron chi connectivity index (χ4n) is 3.20. The molecule has 3 aromatic rings. The van der Waals surface area contributed by atoms with Crippen LogP contribution in [0.1, 0.15) is 16.7 Å². The highest BCUT2D eigenvalue weighted by Crippen LogP contribution is 2.42. The predicted molar refractivity (Wildman–Crippen MR) is 98.4 cm³/mol. The lowest BCUT2D eigenvalue weighted by molar-refractivity contribution is -0.110. The van der Waals surface area contributed by atoms with Gasteiger partial charge in [0.1, 0.15) is 23.2 Å². The summed E-state index contributed by atoms with van der Waals surface area (Å²) in [4.78, 5) is 12.6. The highest BCUT2D eigenvalue weighted by molar-refractivity contribution is 5.83. The van der Waals surface area contributed by atoms with Crippen LogP contribution >= 0.6 is 0 Å². The van der Waals surface area contributed by atoms with Crippen LogP contribution in [0.25, 0.3) is 0 Å². The van der Waals surface area contributed by atoms with Crippen molar-refractivity contribution < 1.29 is 14.3 Å². The van der Waals surface area contributed by atoms with E-state index in [1.54, 1.807) is 20.3 Å². The highest BCUT2D eigenvalue weighted by Gasteiger charge is 2.38. The van der Waals surface area contributed by atoms with E-state index in [2.05, 4.69) is 0 Å². The Balaban J connectivity index is 2.35. The van der Waals surface area contributed by atoms with E-state index in [1.807, 2.05) is 72.8 Å². The minimum Gasteiger partial charge on any atom is -0.497 e. The lowest BCUT2D eigenvalue weighted by Gasteiger charge is -2.31. The van der Waals surface area contributed by atoms with Gasteiger partial charge in [0, 0.05) is 11.6 Å². The van der Waals surface area contributed by atoms with Crippen LogP contribution in [-0.4, -0.2) is 20.5 Å². The number of methoxy groups -OCH3 is 2. The molecular formula is C22H20O3. The molecule has 0 aliphatic heterocycles. The largest absolute Gasteiger partial charge is 0.497 e. The minimum absolute atomic E-state index is 0.610. The van der Waals surface area contributed by atoms with Crippen LogP contribution in [0.5, 0.6) is 11.5 Å².